The van der Waals surface area contributed by atoms with Crippen LogP contribution in [0.15, 0.2) is 53.2 Å². The minimum absolute atomic E-state index is 0.277. The molecule has 0 saturated carbocycles. The van der Waals surface area contributed by atoms with Crippen molar-refractivity contribution in [3.05, 3.63) is 71.5 Å². The maximum Gasteiger partial charge on any atom is 0.226 e. The Kier molecular flexibility index (Phi) is 4.82. The Bertz CT molecular complexity index is 821. The van der Waals surface area contributed by atoms with E-state index < -0.39 is 0 Å². The van der Waals surface area contributed by atoms with Crippen molar-refractivity contribution in [3.63, 3.8) is 0 Å². The van der Waals surface area contributed by atoms with Gasteiger partial charge in [-0.2, -0.15) is 10.2 Å². The molecule has 3 aromatic rings. The van der Waals surface area contributed by atoms with E-state index in [0.29, 0.717) is 23.1 Å². The number of benzene rings is 1. The standard InChI is InChI=1S/C18H17N5O/c1-2-6-16-22-18(23-24-16)17(14-7-4-3-5-8-14)21-15-10-9-13(11-19)12-20-15/h3-5,7-10,12,17H,2,6H2,1H3,(H,20,21). The van der Waals surface area contributed by atoms with Crippen LogP contribution < -0.4 is 5.32 Å². The van der Waals surface area contributed by atoms with Crippen LogP contribution in [-0.4, -0.2) is 15.1 Å². The molecule has 0 spiro atoms. The highest BCUT2D eigenvalue weighted by molar-refractivity contribution is 5.43. The van der Waals surface area contributed by atoms with E-state index in [9.17, 15) is 0 Å². The van der Waals surface area contributed by atoms with Gasteiger partial charge in [-0.15, -0.1) is 0 Å². The SMILES string of the molecule is CCCc1nc(C(Nc2ccc(C#N)cn2)c2ccccc2)no1. The molecular weight excluding hydrogens is 302 g/mol. The molecule has 0 aliphatic rings. The van der Waals surface area contributed by atoms with Gasteiger partial charge in [0.2, 0.25) is 5.89 Å². The first-order chi connectivity index (χ1) is 11.8. The molecule has 0 radical (unpaired) electrons. The number of nitrogens with zero attached hydrogens (tertiary/aromatic N) is 4. The molecule has 6 nitrogen and oxygen atoms in total. The summed E-state index contributed by atoms with van der Waals surface area (Å²) in [5.74, 6) is 1.84. The lowest BCUT2D eigenvalue weighted by molar-refractivity contribution is 0.371. The minimum Gasteiger partial charge on any atom is -0.356 e. The van der Waals surface area contributed by atoms with Crippen molar-refractivity contribution in [1.29, 1.82) is 5.26 Å². The second-order valence-corrected chi connectivity index (χ2v) is 5.33. The Hall–Kier alpha value is -3.20. The number of hydrogen-bond acceptors (Lipinski definition) is 6. The van der Waals surface area contributed by atoms with Gasteiger partial charge in [0.05, 0.1) is 5.56 Å². The van der Waals surface area contributed by atoms with E-state index in [1.165, 1.54) is 6.20 Å². The number of aryl methyl sites for hydroxylation is 1. The third kappa shape index (κ3) is 3.58. The molecule has 0 bridgehead atoms. The van der Waals surface area contributed by atoms with Crippen LogP contribution in [0.5, 0.6) is 0 Å². The van der Waals surface area contributed by atoms with Gasteiger partial charge in [0, 0.05) is 12.6 Å². The van der Waals surface area contributed by atoms with Gasteiger partial charge in [0.25, 0.3) is 0 Å². The predicted molar refractivity (Wildman–Crippen MR) is 89.2 cm³/mol. The fourth-order valence-electron chi connectivity index (χ4n) is 2.34. The smallest absolute Gasteiger partial charge is 0.226 e. The zero-order valence-corrected chi connectivity index (χ0v) is 13.3. The molecule has 1 atom stereocenters. The predicted octanol–water partition coefficient (Wildman–Crippen LogP) is 3.49. The Balaban J connectivity index is 1.90. The molecule has 3 rings (SSSR count). The number of nitrogens with one attached hydrogen (secondary N) is 1. The second kappa shape index (κ2) is 7.38. The molecule has 1 unspecified atom stereocenters. The largest absolute Gasteiger partial charge is 0.356 e. The molecule has 1 aromatic carbocycles. The monoisotopic (exact) mass is 319 g/mol. The van der Waals surface area contributed by atoms with E-state index >= 15 is 0 Å². The number of rotatable bonds is 6. The molecule has 120 valence electrons. The van der Waals surface area contributed by atoms with Crippen molar-refractivity contribution >= 4 is 5.82 Å². The van der Waals surface area contributed by atoms with Crippen molar-refractivity contribution in [2.45, 2.75) is 25.8 Å². The van der Waals surface area contributed by atoms with Gasteiger partial charge in [-0.25, -0.2) is 4.98 Å². The summed E-state index contributed by atoms with van der Waals surface area (Å²) >= 11 is 0. The van der Waals surface area contributed by atoms with Crippen LogP contribution in [0.3, 0.4) is 0 Å². The molecule has 2 aromatic heterocycles. The lowest BCUT2D eigenvalue weighted by Gasteiger charge is -2.16. The van der Waals surface area contributed by atoms with Gasteiger partial charge in [-0.3, -0.25) is 0 Å². The van der Waals surface area contributed by atoms with Gasteiger partial charge in [0.15, 0.2) is 5.82 Å². The maximum atomic E-state index is 8.88. The average molecular weight is 319 g/mol. The second-order valence-electron chi connectivity index (χ2n) is 5.33. The van der Waals surface area contributed by atoms with Crippen LogP contribution in [0.1, 0.15) is 42.2 Å². The van der Waals surface area contributed by atoms with Crippen LogP contribution in [0.4, 0.5) is 5.82 Å². The number of hydrogen-bond donors (Lipinski definition) is 1. The molecule has 6 heteroatoms. The van der Waals surface area contributed by atoms with Crippen molar-refractivity contribution in [1.82, 2.24) is 15.1 Å². The molecule has 2 heterocycles. The third-order valence-corrected chi connectivity index (χ3v) is 3.52. The highest BCUT2D eigenvalue weighted by Gasteiger charge is 2.20. The van der Waals surface area contributed by atoms with E-state index in [-0.39, 0.29) is 6.04 Å². The van der Waals surface area contributed by atoms with Gasteiger partial charge in [0.1, 0.15) is 17.9 Å². The number of pyridine rings is 1. The van der Waals surface area contributed by atoms with Crippen molar-refractivity contribution in [2.75, 3.05) is 5.32 Å². The summed E-state index contributed by atoms with van der Waals surface area (Å²) in [5.41, 5.74) is 1.52. The molecular formula is C18H17N5O. The van der Waals surface area contributed by atoms with Crippen LogP contribution in [0.25, 0.3) is 0 Å². The van der Waals surface area contributed by atoms with E-state index in [0.717, 1.165) is 18.4 Å². The zero-order chi connectivity index (χ0) is 16.8. The van der Waals surface area contributed by atoms with Gasteiger partial charge in [-0.05, 0) is 24.1 Å². The summed E-state index contributed by atoms with van der Waals surface area (Å²) in [6, 6.07) is 15.1. The highest BCUT2D eigenvalue weighted by atomic mass is 16.5. The van der Waals surface area contributed by atoms with Gasteiger partial charge < -0.3 is 9.84 Å². The summed E-state index contributed by atoms with van der Waals surface area (Å²) in [6.07, 6.45) is 3.23. The molecule has 0 saturated heterocycles. The maximum absolute atomic E-state index is 8.88. The first-order valence-electron chi connectivity index (χ1n) is 7.80. The Morgan fingerprint density at radius 2 is 2.04 bits per heavy atom. The summed E-state index contributed by atoms with van der Waals surface area (Å²) in [5, 5.41) is 16.3. The molecule has 0 aliphatic carbocycles. The molecule has 0 aliphatic heterocycles. The van der Waals surface area contributed by atoms with E-state index in [4.69, 9.17) is 9.78 Å². The number of aromatic nitrogens is 3. The highest BCUT2D eigenvalue weighted by Crippen LogP contribution is 2.24. The van der Waals surface area contributed by atoms with E-state index in [2.05, 4.69) is 33.4 Å². The average Bonchev–Trinajstić information content (AvgIpc) is 3.09. The molecule has 0 amide bonds. The fourth-order valence-corrected chi connectivity index (χ4v) is 2.34. The van der Waals surface area contributed by atoms with Crippen LogP contribution in [-0.2, 0) is 6.42 Å². The van der Waals surface area contributed by atoms with E-state index in [1.807, 2.05) is 30.3 Å². The van der Waals surface area contributed by atoms with Gasteiger partial charge in [-0.1, -0.05) is 42.4 Å². The van der Waals surface area contributed by atoms with Crippen molar-refractivity contribution < 1.29 is 4.52 Å². The Labute approximate surface area is 140 Å². The lowest BCUT2D eigenvalue weighted by atomic mass is 10.1. The first-order valence-corrected chi connectivity index (χ1v) is 7.80. The number of nitriles is 1. The van der Waals surface area contributed by atoms with E-state index in [1.54, 1.807) is 12.1 Å². The molecule has 1 N–H and O–H groups in total. The van der Waals surface area contributed by atoms with Gasteiger partial charge >= 0.3 is 0 Å². The number of anilines is 1. The normalized spacial score (nSPS) is 11.7. The van der Waals surface area contributed by atoms with Crippen LogP contribution >= 0.6 is 0 Å². The van der Waals surface area contributed by atoms with Crippen LogP contribution in [0, 0.1) is 11.3 Å². The summed E-state index contributed by atoms with van der Waals surface area (Å²) in [7, 11) is 0. The van der Waals surface area contributed by atoms with Crippen molar-refractivity contribution in [2.24, 2.45) is 0 Å². The summed E-state index contributed by atoms with van der Waals surface area (Å²) in [4.78, 5) is 8.75. The zero-order valence-electron chi connectivity index (χ0n) is 13.3. The molecule has 0 fully saturated rings. The van der Waals surface area contributed by atoms with Crippen molar-refractivity contribution in [3.8, 4) is 6.07 Å². The topological polar surface area (TPSA) is 87.6 Å². The third-order valence-electron chi connectivity index (χ3n) is 3.52. The Morgan fingerprint density at radius 1 is 1.21 bits per heavy atom. The van der Waals surface area contributed by atoms with Crippen LogP contribution in [0.2, 0.25) is 0 Å². The molecule has 24 heavy (non-hydrogen) atoms. The lowest BCUT2D eigenvalue weighted by Crippen LogP contribution is -2.15. The first kappa shape index (κ1) is 15.7. The Morgan fingerprint density at radius 3 is 2.71 bits per heavy atom. The summed E-state index contributed by atoms with van der Waals surface area (Å²) in [6.45, 7) is 2.07. The fraction of sp³-hybridized carbons (Fsp3) is 0.222. The quantitative estimate of drug-likeness (QED) is 0.748. The minimum atomic E-state index is -0.277. The summed E-state index contributed by atoms with van der Waals surface area (Å²) < 4.78 is 5.32.